The van der Waals surface area contributed by atoms with E-state index >= 15 is 0 Å². The van der Waals surface area contributed by atoms with Gasteiger partial charge in [-0.15, -0.1) is 0 Å². The minimum Gasteiger partial charge on any atom is -0.379 e. The van der Waals surface area contributed by atoms with E-state index in [4.69, 9.17) is 22.1 Å². The summed E-state index contributed by atoms with van der Waals surface area (Å²) in [6.07, 6.45) is 2.40. The van der Waals surface area contributed by atoms with Gasteiger partial charge in [0.15, 0.2) is 5.78 Å². The molecule has 0 saturated carbocycles. The van der Waals surface area contributed by atoms with Crippen LogP contribution in [-0.2, 0) is 11.3 Å². The SMILES string of the molecule is CCCn1ncc(Cl)c1C(=O)C1(C)COCC1N. The summed E-state index contributed by atoms with van der Waals surface area (Å²) >= 11 is 6.08. The Morgan fingerprint density at radius 3 is 3.06 bits per heavy atom. The Morgan fingerprint density at radius 1 is 1.78 bits per heavy atom. The number of ether oxygens (including phenoxy) is 1. The molecule has 2 unspecified atom stereocenters. The lowest BCUT2D eigenvalue weighted by atomic mass is 9.80. The topological polar surface area (TPSA) is 70.1 Å². The summed E-state index contributed by atoms with van der Waals surface area (Å²) in [6, 6.07) is -0.300. The molecule has 0 aromatic carbocycles. The van der Waals surface area contributed by atoms with Gasteiger partial charge in [0.25, 0.3) is 0 Å². The molecule has 1 aliphatic rings. The van der Waals surface area contributed by atoms with Gasteiger partial charge in [-0.1, -0.05) is 18.5 Å². The van der Waals surface area contributed by atoms with Crippen molar-refractivity contribution in [1.82, 2.24) is 9.78 Å². The Morgan fingerprint density at radius 2 is 2.50 bits per heavy atom. The first-order valence-electron chi connectivity index (χ1n) is 6.10. The molecule has 1 fully saturated rings. The summed E-state index contributed by atoms with van der Waals surface area (Å²) in [6.45, 7) is 5.25. The van der Waals surface area contributed by atoms with Gasteiger partial charge in [0.2, 0.25) is 0 Å². The fourth-order valence-corrected chi connectivity index (χ4v) is 2.39. The van der Waals surface area contributed by atoms with Gasteiger partial charge in [-0.2, -0.15) is 5.10 Å². The van der Waals surface area contributed by atoms with Gasteiger partial charge in [-0.25, -0.2) is 0 Å². The molecular formula is C12H18ClN3O2. The number of aromatic nitrogens is 2. The molecule has 0 aliphatic carbocycles. The molecule has 1 aromatic heterocycles. The normalized spacial score (nSPS) is 27.7. The maximum absolute atomic E-state index is 12.7. The number of nitrogens with zero attached hydrogens (tertiary/aromatic N) is 2. The summed E-state index contributed by atoms with van der Waals surface area (Å²) in [4.78, 5) is 12.7. The summed E-state index contributed by atoms with van der Waals surface area (Å²) < 4.78 is 6.97. The van der Waals surface area contributed by atoms with Crippen LogP contribution in [0.2, 0.25) is 5.02 Å². The lowest BCUT2D eigenvalue weighted by molar-refractivity contribution is 0.0756. The highest BCUT2D eigenvalue weighted by Crippen LogP contribution is 2.33. The van der Waals surface area contributed by atoms with Crippen molar-refractivity contribution in [3.63, 3.8) is 0 Å². The molecule has 6 heteroatoms. The molecule has 1 aliphatic heterocycles. The van der Waals surface area contributed by atoms with Crippen molar-refractivity contribution >= 4 is 17.4 Å². The third-order valence-electron chi connectivity index (χ3n) is 3.48. The number of aryl methyl sites for hydroxylation is 1. The first kappa shape index (κ1) is 13.5. The van der Waals surface area contributed by atoms with Gasteiger partial charge in [-0.3, -0.25) is 9.48 Å². The molecule has 0 radical (unpaired) electrons. The predicted molar refractivity (Wildman–Crippen MR) is 68.8 cm³/mol. The van der Waals surface area contributed by atoms with Crippen molar-refractivity contribution in [1.29, 1.82) is 0 Å². The minimum atomic E-state index is -0.713. The van der Waals surface area contributed by atoms with E-state index in [9.17, 15) is 4.79 Å². The van der Waals surface area contributed by atoms with E-state index in [-0.39, 0.29) is 11.8 Å². The number of Topliss-reactive ketones (excluding diaryl/α,β-unsaturated/α-hetero) is 1. The molecule has 2 rings (SSSR count). The number of halogens is 1. The number of hydrogen-bond donors (Lipinski definition) is 1. The zero-order valence-corrected chi connectivity index (χ0v) is 11.4. The average Bonchev–Trinajstić information content (AvgIpc) is 2.85. The second-order valence-electron chi connectivity index (χ2n) is 4.93. The van der Waals surface area contributed by atoms with Crippen LogP contribution >= 0.6 is 11.6 Å². The molecule has 0 amide bonds. The maximum atomic E-state index is 12.7. The quantitative estimate of drug-likeness (QED) is 0.843. The fraction of sp³-hybridized carbons (Fsp3) is 0.667. The van der Waals surface area contributed by atoms with Crippen LogP contribution in [0.4, 0.5) is 0 Å². The van der Waals surface area contributed by atoms with Gasteiger partial charge in [0.05, 0.1) is 29.8 Å². The van der Waals surface area contributed by atoms with Gasteiger partial charge in [0.1, 0.15) is 5.69 Å². The lowest BCUT2D eigenvalue weighted by Gasteiger charge is -2.25. The Labute approximate surface area is 111 Å². The lowest BCUT2D eigenvalue weighted by Crippen LogP contribution is -2.45. The molecule has 100 valence electrons. The van der Waals surface area contributed by atoms with E-state index in [1.165, 1.54) is 6.20 Å². The molecule has 5 nitrogen and oxygen atoms in total. The van der Waals surface area contributed by atoms with Crippen LogP contribution in [0, 0.1) is 5.41 Å². The maximum Gasteiger partial charge on any atom is 0.192 e. The zero-order valence-electron chi connectivity index (χ0n) is 10.6. The number of nitrogens with two attached hydrogens (primary N) is 1. The highest BCUT2D eigenvalue weighted by atomic mass is 35.5. The van der Waals surface area contributed by atoms with E-state index in [2.05, 4.69) is 5.10 Å². The van der Waals surface area contributed by atoms with E-state index in [1.54, 1.807) is 4.68 Å². The Balaban J connectivity index is 2.36. The van der Waals surface area contributed by atoms with Crippen LogP contribution in [0.25, 0.3) is 0 Å². The molecule has 1 saturated heterocycles. The molecule has 2 N–H and O–H groups in total. The smallest absolute Gasteiger partial charge is 0.192 e. The van der Waals surface area contributed by atoms with E-state index in [0.717, 1.165) is 6.42 Å². The minimum absolute atomic E-state index is 0.0801. The van der Waals surface area contributed by atoms with Crippen molar-refractivity contribution in [3.8, 4) is 0 Å². The van der Waals surface area contributed by atoms with Crippen LogP contribution in [0.15, 0.2) is 6.20 Å². The van der Waals surface area contributed by atoms with Gasteiger partial charge in [0, 0.05) is 12.6 Å². The summed E-state index contributed by atoms with van der Waals surface area (Å²) in [5.74, 6) is -0.0801. The van der Waals surface area contributed by atoms with Crippen LogP contribution < -0.4 is 5.73 Å². The fourth-order valence-electron chi connectivity index (χ4n) is 2.16. The van der Waals surface area contributed by atoms with Crippen LogP contribution in [0.5, 0.6) is 0 Å². The molecular weight excluding hydrogens is 254 g/mol. The van der Waals surface area contributed by atoms with Crippen LogP contribution in [0.1, 0.15) is 30.8 Å². The van der Waals surface area contributed by atoms with Crippen molar-refractivity contribution in [3.05, 3.63) is 16.9 Å². The zero-order chi connectivity index (χ0) is 13.3. The largest absolute Gasteiger partial charge is 0.379 e. The number of carbonyl (C=O) groups is 1. The predicted octanol–water partition coefficient (Wildman–Crippen LogP) is 1.49. The van der Waals surface area contributed by atoms with Gasteiger partial charge in [-0.05, 0) is 13.3 Å². The van der Waals surface area contributed by atoms with Crippen molar-refractivity contribution in [2.45, 2.75) is 32.9 Å². The standard InChI is InChI=1S/C12H18ClN3O2/c1-3-4-16-10(8(13)5-15-16)11(17)12(2)7-18-6-9(12)14/h5,9H,3-4,6-7,14H2,1-2H3. The number of rotatable bonds is 4. The molecule has 0 spiro atoms. The number of carbonyl (C=O) groups excluding carboxylic acids is 1. The second-order valence-corrected chi connectivity index (χ2v) is 5.34. The molecule has 18 heavy (non-hydrogen) atoms. The molecule has 2 heterocycles. The van der Waals surface area contributed by atoms with Gasteiger partial charge >= 0.3 is 0 Å². The number of hydrogen-bond acceptors (Lipinski definition) is 4. The first-order chi connectivity index (χ1) is 8.50. The van der Waals surface area contributed by atoms with Crippen molar-refractivity contribution in [2.24, 2.45) is 11.1 Å². The average molecular weight is 272 g/mol. The van der Waals surface area contributed by atoms with E-state index in [1.807, 2.05) is 13.8 Å². The molecule has 2 atom stereocenters. The second kappa shape index (κ2) is 4.99. The monoisotopic (exact) mass is 271 g/mol. The highest BCUT2D eigenvalue weighted by molar-refractivity contribution is 6.33. The Hall–Kier alpha value is -0.910. The Bertz CT molecular complexity index is 460. The van der Waals surface area contributed by atoms with Crippen molar-refractivity contribution < 1.29 is 9.53 Å². The van der Waals surface area contributed by atoms with E-state index in [0.29, 0.717) is 30.5 Å². The molecule has 0 bridgehead atoms. The van der Waals surface area contributed by atoms with Gasteiger partial charge < -0.3 is 10.5 Å². The first-order valence-corrected chi connectivity index (χ1v) is 6.48. The third kappa shape index (κ3) is 2.06. The van der Waals surface area contributed by atoms with Crippen LogP contribution in [0.3, 0.4) is 0 Å². The van der Waals surface area contributed by atoms with Crippen molar-refractivity contribution in [2.75, 3.05) is 13.2 Å². The Kier molecular flexibility index (Phi) is 3.75. The van der Waals surface area contributed by atoms with E-state index < -0.39 is 5.41 Å². The summed E-state index contributed by atoms with van der Waals surface area (Å²) in [5, 5.41) is 4.52. The summed E-state index contributed by atoms with van der Waals surface area (Å²) in [5.41, 5.74) is 5.71. The number of ketones is 1. The van der Waals surface area contributed by atoms with Crippen LogP contribution in [-0.4, -0.2) is 34.8 Å². The third-order valence-corrected chi connectivity index (χ3v) is 3.76. The summed E-state index contributed by atoms with van der Waals surface area (Å²) in [7, 11) is 0. The highest BCUT2D eigenvalue weighted by Gasteiger charge is 2.46. The molecule has 1 aromatic rings.